The van der Waals surface area contributed by atoms with E-state index in [0.29, 0.717) is 12.8 Å². The first kappa shape index (κ1) is 24.7. The second kappa shape index (κ2) is 19.5. The molecule has 0 spiro atoms. The molecule has 0 unspecified atom stereocenters. The highest BCUT2D eigenvalue weighted by Crippen LogP contribution is 2.10. The zero-order chi connectivity index (χ0) is 18.6. The van der Waals surface area contributed by atoms with Gasteiger partial charge in [-0.2, -0.15) is 0 Å². The minimum atomic E-state index is -0.745. The number of carbonyl (C=O) groups excluding carboxylic acids is 2. The fraction of sp³-hybridized carbons (Fsp3) is 0.833. The number of carbonyl (C=O) groups is 3. The van der Waals surface area contributed by atoms with Crippen molar-refractivity contribution < 1.29 is 19.5 Å². The largest absolute Gasteiger partial charge is 0.481 e. The Morgan fingerprint density at radius 1 is 0.833 bits per heavy atom. The van der Waals surface area contributed by atoms with Crippen molar-refractivity contribution in [3.8, 4) is 0 Å². The molecule has 6 nitrogen and oxygen atoms in total. The van der Waals surface area contributed by atoms with Crippen molar-refractivity contribution in [1.82, 2.24) is 5.32 Å². The normalized spacial score (nSPS) is 9.75. The number of amides is 2. The quantitative estimate of drug-likeness (QED) is 0.420. The number of hydrogen-bond acceptors (Lipinski definition) is 3. The molecule has 2 amide bonds. The van der Waals surface area contributed by atoms with Gasteiger partial charge in [-0.3, -0.25) is 14.4 Å². The van der Waals surface area contributed by atoms with Crippen LogP contribution in [-0.2, 0) is 14.4 Å². The van der Waals surface area contributed by atoms with Gasteiger partial charge < -0.3 is 16.2 Å². The van der Waals surface area contributed by atoms with Gasteiger partial charge in [0.1, 0.15) is 0 Å². The third kappa shape index (κ3) is 25.4. The van der Waals surface area contributed by atoms with Gasteiger partial charge in [0.05, 0.1) is 0 Å². The maximum absolute atomic E-state index is 11.3. The molecule has 0 fully saturated rings. The Kier molecular flexibility index (Phi) is 20.0. The predicted octanol–water partition coefficient (Wildman–Crippen LogP) is 3.38. The summed E-state index contributed by atoms with van der Waals surface area (Å²) in [7, 11) is 0. The minimum absolute atomic E-state index is 0.188. The van der Waals surface area contributed by atoms with Gasteiger partial charge in [0, 0.05) is 25.8 Å². The smallest absolute Gasteiger partial charge is 0.303 e. The molecule has 0 radical (unpaired) electrons. The fourth-order valence-electron chi connectivity index (χ4n) is 2.00. The highest BCUT2D eigenvalue weighted by Gasteiger charge is 1.99. The third-order valence-corrected chi connectivity index (χ3v) is 3.45. The minimum Gasteiger partial charge on any atom is -0.481 e. The summed E-state index contributed by atoms with van der Waals surface area (Å²) in [5.41, 5.74) is 5.07. The van der Waals surface area contributed by atoms with Crippen LogP contribution in [0.15, 0.2) is 0 Å². The van der Waals surface area contributed by atoms with Gasteiger partial charge in [0.15, 0.2) is 0 Å². The SMILES string of the molecule is CCC(=O)O.CCCNC(=O)CCCCCCCCCCC(N)=O. The zero-order valence-corrected chi connectivity index (χ0v) is 15.4. The van der Waals surface area contributed by atoms with E-state index in [2.05, 4.69) is 12.2 Å². The van der Waals surface area contributed by atoms with E-state index in [9.17, 15) is 14.4 Å². The predicted molar refractivity (Wildman–Crippen MR) is 96.6 cm³/mol. The lowest BCUT2D eigenvalue weighted by atomic mass is 10.1. The van der Waals surface area contributed by atoms with Crippen LogP contribution in [0.5, 0.6) is 0 Å². The topological polar surface area (TPSA) is 109 Å². The van der Waals surface area contributed by atoms with Crippen LogP contribution < -0.4 is 11.1 Å². The Bertz CT molecular complexity index is 333. The summed E-state index contributed by atoms with van der Waals surface area (Å²) in [5, 5.41) is 10.6. The molecule has 0 aliphatic heterocycles. The Hall–Kier alpha value is -1.59. The molecule has 0 saturated heterocycles. The Morgan fingerprint density at radius 2 is 1.25 bits per heavy atom. The van der Waals surface area contributed by atoms with E-state index in [0.717, 1.165) is 38.6 Å². The number of aliphatic carboxylic acids is 1. The van der Waals surface area contributed by atoms with Gasteiger partial charge in [0.2, 0.25) is 11.8 Å². The van der Waals surface area contributed by atoms with Crippen LogP contribution in [0.1, 0.15) is 90.9 Å². The molecule has 0 aromatic carbocycles. The van der Waals surface area contributed by atoms with E-state index >= 15 is 0 Å². The fourth-order valence-corrected chi connectivity index (χ4v) is 2.00. The van der Waals surface area contributed by atoms with E-state index in [-0.39, 0.29) is 18.2 Å². The van der Waals surface area contributed by atoms with E-state index in [1.165, 1.54) is 25.7 Å². The van der Waals surface area contributed by atoms with Crippen molar-refractivity contribution in [2.24, 2.45) is 5.73 Å². The van der Waals surface area contributed by atoms with Gasteiger partial charge in [-0.25, -0.2) is 0 Å². The summed E-state index contributed by atoms with van der Waals surface area (Å²) in [4.78, 5) is 31.2. The molecule has 0 aliphatic rings. The summed E-state index contributed by atoms with van der Waals surface area (Å²) in [5.74, 6) is -0.750. The third-order valence-electron chi connectivity index (χ3n) is 3.45. The lowest BCUT2D eigenvalue weighted by molar-refractivity contribution is -0.136. The van der Waals surface area contributed by atoms with Crippen molar-refractivity contribution in [3.63, 3.8) is 0 Å². The highest BCUT2D eigenvalue weighted by atomic mass is 16.4. The second-order valence-electron chi connectivity index (χ2n) is 5.89. The van der Waals surface area contributed by atoms with Crippen LogP contribution in [0.2, 0.25) is 0 Å². The number of nitrogens with two attached hydrogens (primary N) is 1. The Labute approximate surface area is 146 Å². The second-order valence-corrected chi connectivity index (χ2v) is 5.89. The average molecular weight is 344 g/mol. The number of carboxylic acid groups (broad SMARTS) is 1. The first-order valence-corrected chi connectivity index (χ1v) is 9.20. The monoisotopic (exact) mass is 344 g/mol. The summed E-state index contributed by atoms with van der Waals surface area (Å²) in [6.07, 6.45) is 11.4. The molecule has 0 bridgehead atoms. The maximum Gasteiger partial charge on any atom is 0.303 e. The van der Waals surface area contributed by atoms with Crippen LogP contribution in [0.25, 0.3) is 0 Å². The maximum atomic E-state index is 11.3. The summed E-state index contributed by atoms with van der Waals surface area (Å²) in [6.45, 7) is 4.45. The zero-order valence-electron chi connectivity index (χ0n) is 15.4. The van der Waals surface area contributed by atoms with Crippen molar-refractivity contribution in [2.45, 2.75) is 90.9 Å². The van der Waals surface area contributed by atoms with Crippen molar-refractivity contribution >= 4 is 17.8 Å². The first-order chi connectivity index (χ1) is 11.4. The molecule has 0 rings (SSSR count). The average Bonchev–Trinajstić information content (AvgIpc) is 2.54. The number of hydrogen-bond donors (Lipinski definition) is 3. The van der Waals surface area contributed by atoms with Gasteiger partial charge >= 0.3 is 5.97 Å². The van der Waals surface area contributed by atoms with E-state index in [1.807, 2.05) is 0 Å². The highest BCUT2D eigenvalue weighted by molar-refractivity contribution is 5.75. The number of primary amides is 1. The molecule has 24 heavy (non-hydrogen) atoms. The van der Waals surface area contributed by atoms with Crippen molar-refractivity contribution in [3.05, 3.63) is 0 Å². The molecule has 0 aromatic heterocycles. The van der Waals surface area contributed by atoms with Gasteiger partial charge in [-0.05, 0) is 19.3 Å². The van der Waals surface area contributed by atoms with E-state index < -0.39 is 5.97 Å². The number of unbranched alkanes of at least 4 members (excludes halogenated alkanes) is 7. The molecule has 0 aliphatic carbocycles. The molecule has 4 N–H and O–H groups in total. The molecule has 6 heteroatoms. The lowest BCUT2D eigenvalue weighted by Gasteiger charge is -2.03. The van der Waals surface area contributed by atoms with E-state index in [1.54, 1.807) is 6.92 Å². The number of nitrogens with one attached hydrogen (secondary N) is 1. The van der Waals surface area contributed by atoms with Gasteiger partial charge in [0.25, 0.3) is 0 Å². The summed E-state index contributed by atoms with van der Waals surface area (Å²) >= 11 is 0. The van der Waals surface area contributed by atoms with Gasteiger partial charge in [-0.1, -0.05) is 52.4 Å². The van der Waals surface area contributed by atoms with Crippen molar-refractivity contribution in [2.75, 3.05) is 6.54 Å². The van der Waals surface area contributed by atoms with Crippen LogP contribution in [0, 0.1) is 0 Å². The molecule has 0 heterocycles. The van der Waals surface area contributed by atoms with Crippen LogP contribution >= 0.6 is 0 Å². The number of carboxylic acids is 1. The Morgan fingerprint density at radius 3 is 1.62 bits per heavy atom. The molecule has 0 saturated carbocycles. The summed E-state index contributed by atoms with van der Waals surface area (Å²) in [6, 6.07) is 0. The summed E-state index contributed by atoms with van der Waals surface area (Å²) < 4.78 is 0. The Balaban J connectivity index is 0. The lowest BCUT2D eigenvalue weighted by Crippen LogP contribution is -2.23. The number of rotatable bonds is 14. The molecular weight excluding hydrogens is 308 g/mol. The molecule has 0 atom stereocenters. The standard InChI is InChI=1S/C15H30N2O2.C3H6O2/c1-2-13-17-15(19)12-10-8-6-4-3-5-7-9-11-14(16)18;1-2-3(4)5/h2-13H2,1H3,(H2,16,18)(H,17,19);2H2,1H3,(H,4,5). The van der Waals surface area contributed by atoms with Crippen LogP contribution in [0.3, 0.4) is 0 Å². The van der Waals surface area contributed by atoms with Gasteiger partial charge in [-0.15, -0.1) is 0 Å². The van der Waals surface area contributed by atoms with E-state index in [4.69, 9.17) is 10.8 Å². The van der Waals surface area contributed by atoms with Crippen molar-refractivity contribution in [1.29, 1.82) is 0 Å². The first-order valence-electron chi connectivity index (χ1n) is 9.20. The van der Waals surface area contributed by atoms with Crippen LogP contribution in [0.4, 0.5) is 0 Å². The molecular formula is C18H36N2O4. The van der Waals surface area contributed by atoms with Crippen LogP contribution in [-0.4, -0.2) is 29.4 Å². The molecule has 142 valence electrons. The molecule has 0 aromatic rings.